The van der Waals surface area contributed by atoms with Crippen molar-refractivity contribution in [1.82, 2.24) is 4.98 Å². The predicted octanol–water partition coefficient (Wildman–Crippen LogP) is 5.26. The Hall–Kier alpha value is -3.63. The largest absolute Gasteiger partial charge is 0.462 e. The molecule has 0 aliphatic rings. The van der Waals surface area contributed by atoms with Crippen LogP contribution in [0, 0.1) is 10.1 Å². The van der Waals surface area contributed by atoms with E-state index in [2.05, 4.69) is 20.8 Å². The second-order valence-corrected chi connectivity index (χ2v) is 6.68. The maximum atomic E-state index is 12.4. The summed E-state index contributed by atoms with van der Waals surface area (Å²) in [6, 6.07) is 9.39. The molecular weight excluding hydrogens is 449 g/mol. The third-order valence-electron chi connectivity index (χ3n) is 3.78. The minimum absolute atomic E-state index is 0.00266. The van der Waals surface area contributed by atoms with E-state index in [1.807, 2.05) is 0 Å². The first kappa shape index (κ1) is 22.1. The van der Waals surface area contributed by atoms with Gasteiger partial charge in [-0.25, -0.2) is 9.78 Å². The topological polar surface area (TPSA) is 132 Å². The van der Waals surface area contributed by atoms with Crippen LogP contribution in [0.5, 0.6) is 0 Å². The van der Waals surface area contributed by atoms with E-state index in [-0.39, 0.29) is 40.3 Å². The van der Waals surface area contributed by atoms with Crippen LogP contribution in [0.3, 0.4) is 0 Å². The predicted molar refractivity (Wildman–Crippen MR) is 117 cm³/mol. The van der Waals surface area contributed by atoms with Crippen LogP contribution >= 0.6 is 23.2 Å². The highest BCUT2D eigenvalue weighted by atomic mass is 35.5. The molecule has 0 aliphatic carbocycles. The summed E-state index contributed by atoms with van der Waals surface area (Å²) >= 11 is 12.2. The van der Waals surface area contributed by atoms with E-state index in [1.165, 1.54) is 18.3 Å². The number of nitrogens with zero attached hydrogens (tertiary/aromatic N) is 3. The number of hydrogen-bond donors (Lipinski definition) is 2. The van der Waals surface area contributed by atoms with E-state index in [4.69, 9.17) is 32.4 Å². The van der Waals surface area contributed by atoms with Gasteiger partial charge in [0.15, 0.2) is 5.76 Å². The molecule has 3 aromatic rings. The van der Waals surface area contributed by atoms with Gasteiger partial charge in [0.25, 0.3) is 5.69 Å². The molecule has 2 heterocycles. The highest BCUT2D eigenvalue weighted by molar-refractivity contribution is 6.36. The molecule has 0 spiro atoms. The zero-order valence-corrected chi connectivity index (χ0v) is 17.5. The number of esters is 1. The fraction of sp³-hybridized carbons (Fsp3) is 0.105. The summed E-state index contributed by atoms with van der Waals surface area (Å²) in [5.41, 5.74) is 3.06. The Bertz CT molecular complexity index is 1110. The minimum atomic E-state index is -0.669. The van der Waals surface area contributed by atoms with Crippen LogP contribution in [-0.4, -0.2) is 28.7 Å². The van der Waals surface area contributed by atoms with E-state index in [0.29, 0.717) is 10.7 Å². The molecule has 0 bridgehead atoms. The summed E-state index contributed by atoms with van der Waals surface area (Å²) in [5.74, 6) is -0.261. The van der Waals surface area contributed by atoms with Crippen molar-refractivity contribution in [2.45, 2.75) is 6.92 Å². The molecule has 0 fully saturated rings. The number of nitro groups is 1. The number of hydrazone groups is 1. The molecule has 0 saturated heterocycles. The van der Waals surface area contributed by atoms with E-state index >= 15 is 0 Å². The molecule has 31 heavy (non-hydrogen) atoms. The number of nitrogens with one attached hydrogen (secondary N) is 2. The minimum Gasteiger partial charge on any atom is -0.462 e. The van der Waals surface area contributed by atoms with Gasteiger partial charge in [0.05, 0.1) is 17.7 Å². The van der Waals surface area contributed by atoms with Gasteiger partial charge in [-0.1, -0.05) is 23.2 Å². The van der Waals surface area contributed by atoms with Crippen molar-refractivity contribution in [2.24, 2.45) is 5.10 Å². The van der Waals surface area contributed by atoms with Crippen LogP contribution in [0.2, 0.25) is 10.0 Å². The van der Waals surface area contributed by atoms with Crippen LogP contribution in [0.1, 0.15) is 23.0 Å². The van der Waals surface area contributed by atoms with Gasteiger partial charge in [-0.3, -0.25) is 15.5 Å². The van der Waals surface area contributed by atoms with Crippen LogP contribution in [0.4, 0.5) is 23.1 Å². The number of ether oxygens (including phenoxy) is 1. The van der Waals surface area contributed by atoms with Gasteiger partial charge < -0.3 is 14.5 Å². The molecule has 0 saturated carbocycles. The SMILES string of the molecule is CCOC(=O)c1c(Nc2ccc(Cl)cc2)oc(/C=N/Nc2ccc([N+](=O)[O-])cn2)c1Cl. The van der Waals surface area contributed by atoms with Crippen molar-refractivity contribution >= 4 is 58.5 Å². The Kier molecular flexibility index (Phi) is 7.06. The Labute approximate surface area is 186 Å². The van der Waals surface area contributed by atoms with Crippen molar-refractivity contribution in [3.8, 4) is 0 Å². The molecule has 0 radical (unpaired) electrons. The number of aromatic nitrogens is 1. The molecule has 10 nitrogen and oxygen atoms in total. The molecule has 1 aromatic carbocycles. The summed E-state index contributed by atoms with van der Waals surface area (Å²) in [7, 11) is 0. The zero-order chi connectivity index (χ0) is 22.4. The van der Waals surface area contributed by atoms with Crippen molar-refractivity contribution < 1.29 is 18.9 Å². The molecule has 3 rings (SSSR count). The van der Waals surface area contributed by atoms with Gasteiger partial charge in [0, 0.05) is 16.8 Å². The van der Waals surface area contributed by atoms with Crippen LogP contribution in [0.25, 0.3) is 0 Å². The molecule has 2 aromatic heterocycles. The summed E-state index contributed by atoms with van der Waals surface area (Å²) in [6.45, 7) is 1.82. The Morgan fingerprint density at radius 2 is 2.03 bits per heavy atom. The smallest absolute Gasteiger partial charge is 0.345 e. The third-order valence-corrected chi connectivity index (χ3v) is 4.40. The lowest BCUT2D eigenvalue weighted by Gasteiger charge is -2.06. The fourth-order valence-corrected chi connectivity index (χ4v) is 2.74. The van der Waals surface area contributed by atoms with E-state index in [9.17, 15) is 14.9 Å². The van der Waals surface area contributed by atoms with Crippen molar-refractivity contribution in [3.63, 3.8) is 0 Å². The number of pyridine rings is 1. The summed E-state index contributed by atoms with van der Waals surface area (Å²) in [5, 5.41) is 18.1. The monoisotopic (exact) mass is 463 g/mol. The van der Waals surface area contributed by atoms with E-state index in [1.54, 1.807) is 31.2 Å². The standard InChI is InChI=1S/C19H15Cl2N5O5/c1-2-30-19(27)16-17(21)14(31-18(16)24-12-5-3-11(20)4-6-12)10-23-25-15-8-7-13(9-22-15)26(28)29/h3-10,24H,2H2,1H3,(H,22,25)/b23-10+. The molecule has 0 unspecified atom stereocenters. The van der Waals surface area contributed by atoms with Crippen molar-refractivity contribution in [3.05, 3.63) is 74.1 Å². The molecule has 160 valence electrons. The molecular formula is C19H15Cl2N5O5. The second-order valence-electron chi connectivity index (χ2n) is 5.87. The van der Waals surface area contributed by atoms with Crippen LogP contribution < -0.4 is 10.7 Å². The van der Waals surface area contributed by atoms with Crippen LogP contribution in [0.15, 0.2) is 52.1 Å². The maximum Gasteiger partial charge on any atom is 0.345 e. The van der Waals surface area contributed by atoms with Gasteiger partial charge >= 0.3 is 5.97 Å². The number of carbonyl (C=O) groups is 1. The molecule has 0 atom stereocenters. The zero-order valence-electron chi connectivity index (χ0n) is 16.0. The van der Waals surface area contributed by atoms with Gasteiger partial charge in [-0.05, 0) is 37.3 Å². The third kappa shape index (κ3) is 5.50. The highest BCUT2D eigenvalue weighted by Crippen LogP contribution is 2.34. The van der Waals surface area contributed by atoms with Gasteiger partial charge in [-0.15, -0.1) is 0 Å². The first-order valence-corrected chi connectivity index (χ1v) is 9.56. The molecule has 0 aliphatic heterocycles. The quantitative estimate of drug-likeness (QED) is 0.200. The number of anilines is 3. The number of rotatable bonds is 8. The Morgan fingerprint density at radius 1 is 1.29 bits per heavy atom. The lowest BCUT2D eigenvalue weighted by molar-refractivity contribution is -0.385. The first-order chi connectivity index (χ1) is 14.9. The first-order valence-electron chi connectivity index (χ1n) is 8.80. The lowest BCUT2D eigenvalue weighted by Crippen LogP contribution is -2.06. The fourth-order valence-electron chi connectivity index (χ4n) is 2.37. The second kappa shape index (κ2) is 9.92. The number of carbonyl (C=O) groups excluding carboxylic acids is 1. The summed E-state index contributed by atoms with van der Waals surface area (Å²) in [6.07, 6.45) is 2.33. The molecule has 2 N–H and O–H groups in total. The van der Waals surface area contributed by atoms with Crippen LogP contribution in [-0.2, 0) is 4.74 Å². The number of benzene rings is 1. The number of hydrogen-bond acceptors (Lipinski definition) is 9. The Balaban J connectivity index is 1.83. The van der Waals surface area contributed by atoms with E-state index in [0.717, 1.165) is 6.20 Å². The average Bonchev–Trinajstić information content (AvgIpc) is 3.05. The lowest BCUT2D eigenvalue weighted by atomic mass is 10.2. The number of halogens is 2. The maximum absolute atomic E-state index is 12.4. The van der Waals surface area contributed by atoms with Crippen molar-refractivity contribution in [1.29, 1.82) is 0 Å². The molecule has 0 amide bonds. The average molecular weight is 464 g/mol. The molecule has 12 heteroatoms. The highest BCUT2D eigenvalue weighted by Gasteiger charge is 2.25. The van der Waals surface area contributed by atoms with Gasteiger partial charge in [-0.2, -0.15) is 5.10 Å². The Morgan fingerprint density at radius 3 is 2.65 bits per heavy atom. The summed E-state index contributed by atoms with van der Waals surface area (Å²) < 4.78 is 10.7. The number of furan rings is 1. The normalized spacial score (nSPS) is 10.8. The summed E-state index contributed by atoms with van der Waals surface area (Å²) in [4.78, 5) is 26.3. The van der Waals surface area contributed by atoms with Crippen molar-refractivity contribution in [2.75, 3.05) is 17.3 Å². The van der Waals surface area contributed by atoms with Gasteiger partial charge in [0.2, 0.25) is 5.88 Å². The van der Waals surface area contributed by atoms with E-state index < -0.39 is 10.9 Å². The van der Waals surface area contributed by atoms with Gasteiger partial charge in [0.1, 0.15) is 22.6 Å².